The van der Waals surface area contributed by atoms with Gasteiger partial charge in [0.1, 0.15) is 12.4 Å². The van der Waals surface area contributed by atoms with Crippen LogP contribution in [0.3, 0.4) is 0 Å². The first kappa shape index (κ1) is 36.5. The Kier molecular flexibility index (Phi) is 12.4. The molecular weight excluding hydrogens is 660 g/mol. The van der Waals surface area contributed by atoms with Crippen molar-refractivity contribution in [2.75, 3.05) is 53.0 Å². The second-order valence-electron chi connectivity index (χ2n) is 13.3. The van der Waals surface area contributed by atoms with Crippen LogP contribution in [0.25, 0.3) is 22.8 Å². The van der Waals surface area contributed by atoms with Crippen molar-refractivity contribution in [3.05, 3.63) is 72.6 Å². The maximum Gasteiger partial charge on any atom is 0.257 e. The predicted molar refractivity (Wildman–Crippen MR) is 196 cm³/mol. The van der Waals surface area contributed by atoms with Crippen LogP contribution in [0, 0.1) is 6.92 Å². The van der Waals surface area contributed by atoms with Gasteiger partial charge in [-0.25, -0.2) is 15.0 Å². The molecule has 6 rings (SSSR count). The van der Waals surface area contributed by atoms with Crippen molar-refractivity contribution < 1.29 is 23.9 Å². The van der Waals surface area contributed by atoms with Gasteiger partial charge >= 0.3 is 0 Å². The van der Waals surface area contributed by atoms with Crippen molar-refractivity contribution in [2.24, 2.45) is 0 Å². The summed E-state index contributed by atoms with van der Waals surface area (Å²) >= 11 is 0. The molecule has 4 aromatic rings. The number of pyridine rings is 1. The molecule has 0 spiro atoms. The SMILES string of the molecule is COc1ccc2cc1OCCN(C(=O)CCCN1CCCCC1=O)CCCCN(C(=O)c1cnc(-c3cccnc3)nc1C)CCCn1ccnc1-2. The van der Waals surface area contributed by atoms with Gasteiger partial charge < -0.3 is 28.7 Å². The van der Waals surface area contributed by atoms with Crippen molar-refractivity contribution >= 4 is 17.7 Å². The molecule has 2 aliphatic heterocycles. The molecule has 1 saturated heterocycles. The smallest absolute Gasteiger partial charge is 0.257 e. The lowest BCUT2D eigenvalue weighted by atomic mass is 10.1. The fraction of sp³-hybridized carbons (Fsp3) is 0.462. The number of hydrogen-bond donors (Lipinski definition) is 0. The van der Waals surface area contributed by atoms with Gasteiger partial charge in [-0.2, -0.15) is 0 Å². The summed E-state index contributed by atoms with van der Waals surface area (Å²) in [6, 6.07) is 9.47. The third kappa shape index (κ3) is 9.12. The lowest BCUT2D eigenvalue weighted by Crippen LogP contribution is -2.38. The number of rotatable bonds is 7. The van der Waals surface area contributed by atoms with E-state index in [1.54, 1.807) is 31.9 Å². The van der Waals surface area contributed by atoms with Crippen molar-refractivity contribution in [1.29, 1.82) is 0 Å². The topological polar surface area (TPSA) is 136 Å². The minimum absolute atomic E-state index is 0.0307. The largest absolute Gasteiger partial charge is 0.493 e. The number of aryl methyl sites for hydroxylation is 2. The number of amides is 3. The Hall–Kier alpha value is -5.33. The van der Waals surface area contributed by atoms with E-state index in [1.807, 2.05) is 58.2 Å². The maximum atomic E-state index is 14.1. The summed E-state index contributed by atoms with van der Waals surface area (Å²) in [5, 5.41) is 0. The van der Waals surface area contributed by atoms with Crippen molar-refractivity contribution in [3.8, 4) is 34.3 Å². The Morgan fingerprint density at radius 3 is 2.50 bits per heavy atom. The molecule has 1 aromatic carbocycles. The van der Waals surface area contributed by atoms with Crippen LogP contribution in [0.4, 0.5) is 0 Å². The number of benzene rings is 1. The number of ether oxygens (including phenoxy) is 2. The Balaban J connectivity index is 1.20. The van der Waals surface area contributed by atoms with E-state index < -0.39 is 0 Å². The number of likely N-dealkylation sites (tertiary alicyclic amines) is 1. The van der Waals surface area contributed by atoms with E-state index >= 15 is 0 Å². The highest BCUT2D eigenvalue weighted by molar-refractivity contribution is 5.95. The summed E-state index contributed by atoms with van der Waals surface area (Å²) in [5.41, 5.74) is 2.74. The van der Waals surface area contributed by atoms with E-state index in [4.69, 9.17) is 9.47 Å². The molecule has 1 fully saturated rings. The van der Waals surface area contributed by atoms with E-state index in [1.165, 1.54) is 0 Å². The lowest BCUT2D eigenvalue weighted by Gasteiger charge is -2.28. The molecule has 5 heterocycles. The normalized spacial score (nSPS) is 16.1. The highest BCUT2D eigenvalue weighted by Crippen LogP contribution is 2.32. The van der Waals surface area contributed by atoms with Crippen molar-refractivity contribution in [2.45, 2.75) is 64.8 Å². The molecule has 0 unspecified atom stereocenters. The second-order valence-corrected chi connectivity index (χ2v) is 13.3. The number of methoxy groups -OCH3 is 1. The van der Waals surface area contributed by atoms with Crippen LogP contribution in [0.15, 0.2) is 61.3 Å². The molecule has 3 aromatic heterocycles. The first-order chi connectivity index (χ1) is 25.4. The molecule has 0 atom stereocenters. The Morgan fingerprint density at radius 2 is 1.71 bits per heavy atom. The number of fused-ring (bicyclic) bond motifs is 4. The molecule has 13 nitrogen and oxygen atoms in total. The van der Waals surface area contributed by atoms with E-state index in [2.05, 4.69) is 24.5 Å². The van der Waals surface area contributed by atoms with Gasteiger partial charge in [0.05, 0.1) is 24.9 Å². The highest BCUT2D eigenvalue weighted by atomic mass is 16.5. The summed E-state index contributed by atoms with van der Waals surface area (Å²) in [5.74, 6) is 2.59. The van der Waals surface area contributed by atoms with Crippen LogP contribution in [-0.4, -0.2) is 110 Å². The number of carbonyl (C=O) groups is 3. The minimum Gasteiger partial charge on any atom is -0.493 e. The molecule has 2 aliphatic rings. The van der Waals surface area contributed by atoms with Gasteiger partial charge in [-0.15, -0.1) is 0 Å². The van der Waals surface area contributed by atoms with Crippen molar-refractivity contribution in [1.82, 2.24) is 39.2 Å². The molecule has 0 aliphatic carbocycles. The zero-order valence-electron chi connectivity index (χ0n) is 30.2. The number of piperidine rings is 1. The summed E-state index contributed by atoms with van der Waals surface area (Å²) in [7, 11) is 1.61. The van der Waals surface area contributed by atoms with Gasteiger partial charge in [-0.3, -0.25) is 19.4 Å². The lowest BCUT2D eigenvalue weighted by molar-refractivity contribution is -0.135. The highest BCUT2D eigenvalue weighted by Gasteiger charge is 2.22. The Morgan fingerprint density at radius 1 is 0.885 bits per heavy atom. The molecule has 52 heavy (non-hydrogen) atoms. The first-order valence-electron chi connectivity index (χ1n) is 18.3. The fourth-order valence-electron chi connectivity index (χ4n) is 6.82. The van der Waals surface area contributed by atoms with Gasteiger partial charge in [-0.05, 0) is 75.8 Å². The zero-order chi connectivity index (χ0) is 36.3. The summed E-state index contributed by atoms with van der Waals surface area (Å²) in [6.45, 7) is 6.10. The number of carbonyl (C=O) groups excluding carboxylic acids is 3. The molecule has 0 radical (unpaired) electrons. The van der Waals surface area contributed by atoms with Crippen LogP contribution in [-0.2, 0) is 16.1 Å². The molecule has 274 valence electrons. The number of hydrogen-bond acceptors (Lipinski definition) is 9. The van der Waals surface area contributed by atoms with E-state index in [-0.39, 0.29) is 24.3 Å². The third-order valence-electron chi connectivity index (χ3n) is 9.70. The maximum absolute atomic E-state index is 14.1. The van der Waals surface area contributed by atoms with Crippen molar-refractivity contribution in [3.63, 3.8) is 0 Å². The average Bonchev–Trinajstić information content (AvgIpc) is 3.64. The summed E-state index contributed by atoms with van der Waals surface area (Å²) in [4.78, 5) is 63.5. The van der Waals surface area contributed by atoms with Gasteiger partial charge in [-0.1, -0.05) is 0 Å². The summed E-state index contributed by atoms with van der Waals surface area (Å²) in [6.07, 6.45) is 14.4. The Labute approximate surface area is 305 Å². The van der Waals surface area contributed by atoms with Crippen LogP contribution >= 0.6 is 0 Å². The zero-order valence-corrected chi connectivity index (χ0v) is 30.2. The van der Waals surface area contributed by atoms with E-state index in [0.717, 1.165) is 36.3 Å². The molecule has 0 N–H and O–H groups in total. The van der Waals surface area contributed by atoms with E-state index in [0.29, 0.717) is 106 Å². The fourth-order valence-corrected chi connectivity index (χ4v) is 6.82. The van der Waals surface area contributed by atoms with Crippen LogP contribution in [0.2, 0.25) is 0 Å². The van der Waals surface area contributed by atoms with Gasteiger partial charge in [0.2, 0.25) is 11.8 Å². The van der Waals surface area contributed by atoms with E-state index in [9.17, 15) is 14.4 Å². The molecule has 13 heteroatoms. The molecule has 3 amide bonds. The van der Waals surface area contributed by atoms with Crippen LogP contribution in [0.5, 0.6) is 11.5 Å². The quantitative estimate of drug-likeness (QED) is 0.259. The molecule has 0 saturated carbocycles. The second kappa shape index (κ2) is 17.7. The Bertz CT molecular complexity index is 1830. The standard InChI is InChI=1S/C39H48N8O5/c1-29-32(28-42-37(43-29)31-10-7-15-40-27-31)39(50)47-19-6-5-18-45(36(49)12-8-20-44-17-4-3-11-35(44)48)24-25-52-34-26-30(13-14-33(34)51-2)38-41-16-23-46(38)21-9-22-47/h7,10,13-16,23,26-28H,3-6,8-9,11-12,17-22,24-25H2,1-2H3. The molecular formula is C39H48N8O5. The number of nitrogens with zero attached hydrogens (tertiary/aromatic N) is 8. The van der Waals surface area contributed by atoms with Gasteiger partial charge in [0.15, 0.2) is 17.3 Å². The first-order valence-corrected chi connectivity index (χ1v) is 18.3. The molecule has 2 bridgehead atoms. The number of imidazole rings is 1. The summed E-state index contributed by atoms with van der Waals surface area (Å²) < 4.78 is 13.9. The van der Waals surface area contributed by atoms with Crippen LogP contribution < -0.4 is 9.47 Å². The van der Waals surface area contributed by atoms with Gasteiger partial charge in [0.25, 0.3) is 5.91 Å². The average molecular weight is 709 g/mol. The van der Waals surface area contributed by atoms with Crippen LogP contribution in [0.1, 0.15) is 67.4 Å². The predicted octanol–water partition coefficient (Wildman–Crippen LogP) is 5.05. The van der Waals surface area contributed by atoms with Gasteiger partial charge in [0, 0.05) is 94.2 Å². The monoisotopic (exact) mass is 708 g/mol. The number of aromatic nitrogens is 5. The third-order valence-corrected chi connectivity index (χ3v) is 9.70. The minimum atomic E-state index is -0.118.